The van der Waals surface area contributed by atoms with E-state index in [9.17, 15) is 0 Å². The molecule has 1 aliphatic carbocycles. The van der Waals surface area contributed by atoms with Crippen LogP contribution in [0.15, 0.2) is 0 Å². The number of nitrogens with two attached hydrogens (primary N) is 1. The molecule has 0 amide bonds. The first-order valence-corrected chi connectivity index (χ1v) is 5.67. The van der Waals surface area contributed by atoms with Gasteiger partial charge in [0.2, 0.25) is 0 Å². The summed E-state index contributed by atoms with van der Waals surface area (Å²) in [6, 6.07) is 0. The fourth-order valence-corrected chi connectivity index (χ4v) is 2.19. The monoisotopic (exact) mass is 193 g/mol. The summed E-state index contributed by atoms with van der Waals surface area (Å²) in [5.41, 5.74) is 9.67. The zero-order chi connectivity index (χ0) is 9.80. The number of hydrogen-bond donors (Lipinski definition) is 2. The van der Waals surface area contributed by atoms with Crippen LogP contribution in [-0.4, -0.2) is 16.7 Å². The SMILES string of the molecule is NCCCCc1n[nH]c2c1CCCC2. The first kappa shape index (κ1) is 9.71. The van der Waals surface area contributed by atoms with E-state index in [0.717, 1.165) is 19.4 Å². The molecule has 1 heterocycles. The number of H-pyrrole nitrogens is 1. The van der Waals surface area contributed by atoms with Gasteiger partial charge in [-0.1, -0.05) is 0 Å². The van der Waals surface area contributed by atoms with Gasteiger partial charge in [-0.25, -0.2) is 0 Å². The van der Waals surface area contributed by atoms with Crippen LogP contribution in [0.2, 0.25) is 0 Å². The molecule has 3 heteroatoms. The van der Waals surface area contributed by atoms with E-state index >= 15 is 0 Å². The molecule has 0 bridgehead atoms. The zero-order valence-corrected chi connectivity index (χ0v) is 8.68. The third-order valence-corrected chi connectivity index (χ3v) is 3.01. The maximum atomic E-state index is 5.48. The maximum absolute atomic E-state index is 5.48. The lowest BCUT2D eigenvalue weighted by Crippen LogP contribution is -2.03. The number of nitrogens with zero attached hydrogens (tertiary/aromatic N) is 1. The molecule has 1 aromatic heterocycles. The van der Waals surface area contributed by atoms with E-state index in [4.69, 9.17) is 5.73 Å². The molecular formula is C11H19N3. The minimum absolute atomic E-state index is 0.798. The Kier molecular flexibility index (Phi) is 3.19. The van der Waals surface area contributed by atoms with Crippen molar-refractivity contribution in [2.75, 3.05) is 6.54 Å². The van der Waals surface area contributed by atoms with Crippen LogP contribution in [0.1, 0.15) is 42.6 Å². The molecule has 0 saturated heterocycles. The second-order valence-electron chi connectivity index (χ2n) is 4.08. The number of unbranched alkanes of at least 4 members (excludes halogenated alkanes) is 1. The van der Waals surface area contributed by atoms with Gasteiger partial charge in [-0.05, 0) is 57.1 Å². The van der Waals surface area contributed by atoms with Crippen molar-refractivity contribution in [2.24, 2.45) is 5.73 Å². The van der Waals surface area contributed by atoms with E-state index in [1.165, 1.54) is 49.1 Å². The second kappa shape index (κ2) is 4.60. The molecule has 1 aromatic rings. The summed E-state index contributed by atoms with van der Waals surface area (Å²) in [5.74, 6) is 0. The lowest BCUT2D eigenvalue weighted by Gasteiger charge is -2.10. The van der Waals surface area contributed by atoms with E-state index in [1.54, 1.807) is 0 Å². The van der Waals surface area contributed by atoms with Crippen molar-refractivity contribution in [3.05, 3.63) is 17.0 Å². The minimum atomic E-state index is 0.798. The van der Waals surface area contributed by atoms with Gasteiger partial charge < -0.3 is 5.73 Å². The molecule has 1 aliphatic rings. The third kappa shape index (κ3) is 1.98. The normalized spacial score (nSPS) is 15.5. The molecule has 0 radical (unpaired) electrons. The molecule has 0 saturated carbocycles. The van der Waals surface area contributed by atoms with Crippen LogP contribution in [0.5, 0.6) is 0 Å². The Morgan fingerprint density at radius 1 is 1.21 bits per heavy atom. The van der Waals surface area contributed by atoms with Gasteiger partial charge in [0.1, 0.15) is 0 Å². The van der Waals surface area contributed by atoms with Gasteiger partial charge in [-0.15, -0.1) is 0 Å². The Bertz CT molecular complexity index is 291. The molecule has 0 unspecified atom stereocenters. The highest BCUT2D eigenvalue weighted by Crippen LogP contribution is 2.22. The number of rotatable bonds is 4. The van der Waals surface area contributed by atoms with Crippen LogP contribution in [0.3, 0.4) is 0 Å². The number of nitrogens with one attached hydrogen (secondary N) is 1. The molecule has 0 fully saturated rings. The van der Waals surface area contributed by atoms with Crippen molar-refractivity contribution in [1.29, 1.82) is 0 Å². The maximum Gasteiger partial charge on any atom is 0.0656 e. The lowest BCUT2D eigenvalue weighted by molar-refractivity contribution is 0.667. The first-order chi connectivity index (χ1) is 6.92. The van der Waals surface area contributed by atoms with Gasteiger partial charge in [0, 0.05) is 5.69 Å². The first-order valence-electron chi connectivity index (χ1n) is 5.67. The van der Waals surface area contributed by atoms with Crippen LogP contribution in [0.25, 0.3) is 0 Å². The van der Waals surface area contributed by atoms with Crippen LogP contribution < -0.4 is 5.73 Å². The predicted molar refractivity (Wildman–Crippen MR) is 57.2 cm³/mol. The fourth-order valence-electron chi connectivity index (χ4n) is 2.19. The number of aryl methyl sites for hydroxylation is 2. The molecule has 0 spiro atoms. The van der Waals surface area contributed by atoms with Crippen molar-refractivity contribution >= 4 is 0 Å². The summed E-state index contributed by atoms with van der Waals surface area (Å²) in [6.45, 7) is 0.798. The largest absolute Gasteiger partial charge is 0.330 e. The fraction of sp³-hybridized carbons (Fsp3) is 0.727. The van der Waals surface area contributed by atoms with Gasteiger partial charge in [-0.2, -0.15) is 5.10 Å². The molecular weight excluding hydrogens is 174 g/mol. The summed E-state index contributed by atoms with van der Waals surface area (Å²) in [5, 5.41) is 7.58. The lowest BCUT2D eigenvalue weighted by atomic mass is 9.94. The van der Waals surface area contributed by atoms with E-state index < -0.39 is 0 Å². The van der Waals surface area contributed by atoms with E-state index in [2.05, 4.69) is 10.2 Å². The van der Waals surface area contributed by atoms with Crippen molar-refractivity contribution in [1.82, 2.24) is 10.2 Å². The molecule has 0 aromatic carbocycles. The summed E-state index contributed by atoms with van der Waals surface area (Å²) in [7, 11) is 0. The average Bonchev–Trinajstić information content (AvgIpc) is 2.63. The molecule has 3 N–H and O–H groups in total. The van der Waals surface area contributed by atoms with E-state index in [-0.39, 0.29) is 0 Å². The number of aromatic nitrogens is 2. The Morgan fingerprint density at radius 3 is 2.93 bits per heavy atom. The average molecular weight is 193 g/mol. The Morgan fingerprint density at radius 2 is 2.07 bits per heavy atom. The van der Waals surface area contributed by atoms with Crippen LogP contribution in [0, 0.1) is 0 Å². The van der Waals surface area contributed by atoms with Gasteiger partial charge in [-0.3, -0.25) is 5.10 Å². The Labute approximate surface area is 85.1 Å². The van der Waals surface area contributed by atoms with Crippen molar-refractivity contribution < 1.29 is 0 Å². The predicted octanol–water partition coefficient (Wildman–Crippen LogP) is 1.57. The molecule has 0 atom stereocenters. The smallest absolute Gasteiger partial charge is 0.0656 e. The summed E-state index contributed by atoms with van der Waals surface area (Å²) in [4.78, 5) is 0. The quantitative estimate of drug-likeness (QED) is 0.713. The molecule has 2 rings (SSSR count). The van der Waals surface area contributed by atoms with Crippen molar-refractivity contribution in [3.8, 4) is 0 Å². The van der Waals surface area contributed by atoms with Crippen LogP contribution >= 0.6 is 0 Å². The molecule has 3 nitrogen and oxygen atoms in total. The van der Waals surface area contributed by atoms with Crippen molar-refractivity contribution in [3.63, 3.8) is 0 Å². The van der Waals surface area contributed by atoms with Crippen molar-refractivity contribution in [2.45, 2.75) is 44.9 Å². The second-order valence-corrected chi connectivity index (χ2v) is 4.08. The molecule has 0 aliphatic heterocycles. The summed E-state index contributed by atoms with van der Waals surface area (Å²) >= 11 is 0. The summed E-state index contributed by atoms with van der Waals surface area (Å²) in [6.07, 6.45) is 8.45. The Hall–Kier alpha value is -0.830. The van der Waals surface area contributed by atoms with Gasteiger partial charge >= 0.3 is 0 Å². The standard InChI is InChI=1S/C11H19N3/c12-8-4-3-7-11-9-5-1-2-6-10(9)13-14-11/h1-8,12H2,(H,13,14). The molecule has 14 heavy (non-hydrogen) atoms. The Balaban J connectivity index is 1.99. The highest BCUT2D eigenvalue weighted by atomic mass is 15.1. The van der Waals surface area contributed by atoms with Crippen LogP contribution in [0.4, 0.5) is 0 Å². The zero-order valence-electron chi connectivity index (χ0n) is 8.68. The summed E-state index contributed by atoms with van der Waals surface area (Å²) < 4.78 is 0. The van der Waals surface area contributed by atoms with Gasteiger partial charge in [0.05, 0.1) is 5.69 Å². The van der Waals surface area contributed by atoms with Crippen LogP contribution in [-0.2, 0) is 19.3 Å². The number of hydrogen-bond acceptors (Lipinski definition) is 2. The van der Waals surface area contributed by atoms with E-state index in [0.29, 0.717) is 0 Å². The minimum Gasteiger partial charge on any atom is -0.330 e. The highest BCUT2D eigenvalue weighted by Gasteiger charge is 2.15. The van der Waals surface area contributed by atoms with E-state index in [1.807, 2.05) is 0 Å². The third-order valence-electron chi connectivity index (χ3n) is 3.01. The highest BCUT2D eigenvalue weighted by molar-refractivity contribution is 5.27. The number of aromatic amines is 1. The van der Waals surface area contributed by atoms with Gasteiger partial charge in [0.15, 0.2) is 0 Å². The number of fused-ring (bicyclic) bond motifs is 1. The topological polar surface area (TPSA) is 54.7 Å². The molecule has 78 valence electrons. The van der Waals surface area contributed by atoms with Gasteiger partial charge in [0.25, 0.3) is 0 Å².